The molecular weight excluding hydrogens is 414 g/mol. The standard InChI is InChI=1S/C31H27N3/c1-24-9-8-14-31(23-24)34(29-12-6-3-7-13-29)30-21-19-28(20-22-30)33-27-17-15-26(16-18-27)32-25-10-4-2-5-11-25/h2-23,32-33H,1H3. The topological polar surface area (TPSA) is 27.3 Å². The zero-order valence-electron chi connectivity index (χ0n) is 19.1. The third-order valence-corrected chi connectivity index (χ3v) is 5.64. The summed E-state index contributed by atoms with van der Waals surface area (Å²) in [6, 6.07) is 46.1. The zero-order chi connectivity index (χ0) is 23.2. The van der Waals surface area contributed by atoms with E-state index in [1.54, 1.807) is 0 Å². The molecule has 0 saturated carbocycles. The predicted molar refractivity (Wildman–Crippen MR) is 145 cm³/mol. The van der Waals surface area contributed by atoms with Crippen molar-refractivity contribution in [2.45, 2.75) is 6.92 Å². The highest BCUT2D eigenvalue weighted by molar-refractivity contribution is 5.78. The Hall–Kier alpha value is -4.50. The highest BCUT2D eigenvalue weighted by atomic mass is 15.1. The zero-order valence-corrected chi connectivity index (χ0v) is 19.1. The fourth-order valence-electron chi connectivity index (χ4n) is 3.98. The van der Waals surface area contributed by atoms with Crippen LogP contribution in [-0.2, 0) is 0 Å². The Morgan fingerprint density at radius 1 is 0.412 bits per heavy atom. The monoisotopic (exact) mass is 441 g/mol. The molecule has 5 aromatic carbocycles. The van der Waals surface area contributed by atoms with Crippen LogP contribution in [-0.4, -0.2) is 0 Å². The maximum absolute atomic E-state index is 3.50. The molecule has 3 heteroatoms. The fraction of sp³-hybridized carbons (Fsp3) is 0.0323. The summed E-state index contributed by atoms with van der Waals surface area (Å²) in [6.07, 6.45) is 0. The molecule has 2 N–H and O–H groups in total. The Labute approximate surface area is 201 Å². The van der Waals surface area contributed by atoms with Gasteiger partial charge in [-0.25, -0.2) is 0 Å². The molecule has 0 radical (unpaired) electrons. The maximum atomic E-state index is 3.50. The summed E-state index contributed by atoms with van der Waals surface area (Å²) < 4.78 is 0. The lowest BCUT2D eigenvalue weighted by atomic mass is 10.1. The van der Waals surface area contributed by atoms with Gasteiger partial charge in [0, 0.05) is 39.8 Å². The Morgan fingerprint density at radius 3 is 1.41 bits per heavy atom. The summed E-state index contributed by atoms with van der Waals surface area (Å²) in [5.41, 5.74) is 8.87. The first-order chi connectivity index (χ1) is 16.7. The van der Waals surface area contributed by atoms with Crippen molar-refractivity contribution < 1.29 is 0 Å². The highest BCUT2D eigenvalue weighted by Gasteiger charge is 2.12. The van der Waals surface area contributed by atoms with E-state index in [1.807, 2.05) is 24.3 Å². The summed E-state index contributed by atoms with van der Waals surface area (Å²) in [4.78, 5) is 2.28. The van der Waals surface area contributed by atoms with Gasteiger partial charge in [-0.15, -0.1) is 0 Å². The van der Waals surface area contributed by atoms with Crippen molar-refractivity contribution in [3.63, 3.8) is 0 Å². The van der Waals surface area contributed by atoms with Crippen molar-refractivity contribution in [3.05, 3.63) is 139 Å². The largest absolute Gasteiger partial charge is 0.356 e. The Bertz CT molecular complexity index is 1330. The van der Waals surface area contributed by atoms with Crippen LogP contribution >= 0.6 is 0 Å². The SMILES string of the molecule is Cc1cccc(N(c2ccccc2)c2ccc(Nc3ccc(Nc4ccccc4)cc3)cc2)c1. The fourth-order valence-corrected chi connectivity index (χ4v) is 3.98. The summed E-state index contributed by atoms with van der Waals surface area (Å²) in [6.45, 7) is 2.13. The molecule has 166 valence electrons. The van der Waals surface area contributed by atoms with Crippen LogP contribution in [0.4, 0.5) is 39.8 Å². The van der Waals surface area contributed by atoms with Gasteiger partial charge in [0.15, 0.2) is 0 Å². The average molecular weight is 442 g/mol. The second kappa shape index (κ2) is 9.97. The Morgan fingerprint density at radius 2 is 0.853 bits per heavy atom. The number of para-hydroxylation sites is 2. The first kappa shape index (κ1) is 21.4. The number of benzene rings is 5. The molecule has 0 spiro atoms. The van der Waals surface area contributed by atoms with E-state index in [0.29, 0.717) is 0 Å². The van der Waals surface area contributed by atoms with E-state index >= 15 is 0 Å². The van der Waals surface area contributed by atoms with Gasteiger partial charge in [0.25, 0.3) is 0 Å². The number of rotatable bonds is 7. The predicted octanol–water partition coefficient (Wildman–Crippen LogP) is 8.95. The lowest BCUT2D eigenvalue weighted by Gasteiger charge is -2.26. The first-order valence-electron chi connectivity index (χ1n) is 11.5. The van der Waals surface area contributed by atoms with Crippen LogP contribution in [0, 0.1) is 6.92 Å². The molecule has 0 aromatic heterocycles. The minimum atomic E-state index is 1.05. The van der Waals surface area contributed by atoms with E-state index in [2.05, 4.69) is 132 Å². The summed E-state index contributed by atoms with van der Waals surface area (Å²) in [5, 5.41) is 6.92. The minimum Gasteiger partial charge on any atom is -0.356 e. The van der Waals surface area contributed by atoms with E-state index in [9.17, 15) is 0 Å². The van der Waals surface area contributed by atoms with Crippen molar-refractivity contribution in [2.24, 2.45) is 0 Å². The molecule has 0 aliphatic carbocycles. The van der Waals surface area contributed by atoms with E-state index < -0.39 is 0 Å². The molecule has 0 heterocycles. The molecule has 5 aromatic rings. The highest BCUT2D eigenvalue weighted by Crippen LogP contribution is 2.35. The normalized spacial score (nSPS) is 10.5. The quantitative estimate of drug-likeness (QED) is 0.264. The van der Waals surface area contributed by atoms with Crippen LogP contribution in [0.1, 0.15) is 5.56 Å². The number of nitrogens with one attached hydrogen (secondary N) is 2. The molecule has 5 rings (SSSR count). The lowest BCUT2D eigenvalue weighted by Crippen LogP contribution is -2.09. The molecule has 0 amide bonds. The molecular formula is C31H27N3. The molecule has 0 aliphatic rings. The number of aryl methyl sites for hydroxylation is 1. The molecule has 34 heavy (non-hydrogen) atoms. The number of anilines is 7. The maximum Gasteiger partial charge on any atom is 0.0464 e. The number of hydrogen-bond acceptors (Lipinski definition) is 3. The Balaban J connectivity index is 1.34. The van der Waals surface area contributed by atoms with E-state index in [4.69, 9.17) is 0 Å². The van der Waals surface area contributed by atoms with Crippen molar-refractivity contribution >= 4 is 39.8 Å². The van der Waals surface area contributed by atoms with Gasteiger partial charge >= 0.3 is 0 Å². The van der Waals surface area contributed by atoms with Crippen LogP contribution in [0.5, 0.6) is 0 Å². The van der Waals surface area contributed by atoms with Gasteiger partial charge in [0.2, 0.25) is 0 Å². The van der Waals surface area contributed by atoms with Crippen LogP contribution in [0.3, 0.4) is 0 Å². The van der Waals surface area contributed by atoms with Gasteiger partial charge in [0.1, 0.15) is 0 Å². The van der Waals surface area contributed by atoms with Gasteiger partial charge in [-0.1, -0.05) is 48.5 Å². The summed E-state index contributed by atoms with van der Waals surface area (Å²) in [7, 11) is 0. The molecule has 0 bridgehead atoms. The van der Waals surface area contributed by atoms with Crippen LogP contribution in [0.15, 0.2) is 133 Å². The van der Waals surface area contributed by atoms with Crippen molar-refractivity contribution in [3.8, 4) is 0 Å². The third-order valence-electron chi connectivity index (χ3n) is 5.64. The molecule has 0 fully saturated rings. The van der Waals surface area contributed by atoms with Crippen molar-refractivity contribution in [2.75, 3.05) is 15.5 Å². The van der Waals surface area contributed by atoms with Crippen molar-refractivity contribution in [1.29, 1.82) is 0 Å². The second-order valence-electron chi connectivity index (χ2n) is 8.25. The third kappa shape index (κ3) is 5.11. The smallest absolute Gasteiger partial charge is 0.0464 e. The van der Waals surface area contributed by atoms with Crippen LogP contribution in [0.2, 0.25) is 0 Å². The van der Waals surface area contributed by atoms with Gasteiger partial charge in [0.05, 0.1) is 0 Å². The molecule has 0 unspecified atom stereocenters. The number of hydrogen-bond donors (Lipinski definition) is 2. The molecule has 0 saturated heterocycles. The van der Waals surface area contributed by atoms with Crippen LogP contribution in [0.25, 0.3) is 0 Å². The average Bonchev–Trinajstić information content (AvgIpc) is 2.88. The molecule has 0 atom stereocenters. The first-order valence-corrected chi connectivity index (χ1v) is 11.5. The Kier molecular flexibility index (Phi) is 6.26. The van der Waals surface area contributed by atoms with Gasteiger partial charge in [-0.3, -0.25) is 0 Å². The van der Waals surface area contributed by atoms with E-state index in [-0.39, 0.29) is 0 Å². The van der Waals surface area contributed by atoms with Crippen molar-refractivity contribution in [1.82, 2.24) is 0 Å². The summed E-state index contributed by atoms with van der Waals surface area (Å²) >= 11 is 0. The van der Waals surface area contributed by atoms with E-state index in [0.717, 1.165) is 39.8 Å². The van der Waals surface area contributed by atoms with Crippen LogP contribution < -0.4 is 15.5 Å². The van der Waals surface area contributed by atoms with Gasteiger partial charge in [-0.2, -0.15) is 0 Å². The second-order valence-corrected chi connectivity index (χ2v) is 8.25. The van der Waals surface area contributed by atoms with Gasteiger partial charge in [-0.05, 0) is 97.4 Å². The molecule has 0 aliphatic heterocycles. The lowest BCUT2D eigenvalue weighted by molar-refractivity contribution is 1.27. The van der Waals surface area contributed by atoms with Gasteiger partial charge < -0.3 is 15.5 Å². The minimum absolute atomic E-state index is 1.05. The van der Waals surface area contributed by atoms with E-state index in [1.165, 1.54) is 5.56 Å². The molecule has 3 nitrogen and oxygen atoms in total. The number of nitrogens with zero attached hydrogens (tertiary/aromatic N) is 1. The summed E-state index contributed by atoms with van der Waals surface area (Å²) in [5.74, 6) is 0.